The molecule has 0 amide bonds. The number of ether oxygens (including phenoxy) is 2. The van der Waals surface area contributed by atoms with Crippen molar-refractivity contribution >= 4 is 37.3 Å². The Hall–Kier alpha value is -3.38. The lowest BCUT2D eigenvalue weighted by atomic mass is 10.1. The second-order valence-electron chi connectivity index (χ2n) is 6.82. The van der Waals surface area contributed by atoms with Crippen LogP contribution in [0.4, 0.5) is 11.6 Å². The van der Waals surface area contributed by atoms with E-state index in [0.717, 1.165) is 22.1 Å². The first-order valence-electron chi connectivity index (χ1n) is 9.28. The van der Waals surface area contributed by atoms with E-state index in [2.05, 4.69) is 35.6 Å². The van der Waals surface area contributed by atoms with Crippen LogP contribution >= 0.6 is 9.24 Å². The van der Waals surface area contributed by atoms with Crippen molar-refractivity contribution in [2.75, 3.05) is 19.5 Å². The molecule has 2 N–H and O–H groups in total. The van der Waals surface area contributed by atoms with Gasteiger partial charge in [-0.15, -0.1) is 9.24 Å². The minimum absolute atomic E-state index is 0.367. The average molecular weight is 423 g/mol. The largest absolute Gasteiger partial charge is 0.493 e. The molecule has 0 aliphatic rings. The molecule has 0 spiro atoms. The molecule has 2 aromatic carbocycles. The minimum Gasteiger partial charge on any atom is -0.493 e. The number of hydrogen-bond acceptors (Lipinski definition) is 6. The van der Waals surface area contributed by atoms with Gasteiger partial charge in [0.15, 0.2) is 22.7 Å². The SMILES string of the molecule is COc1cc(C)c(Nc2nc(=O)c3[nH]cnc3n2Cc2cccc(P)c2)cc1OC. The summed E-state index contributed by atoms with van der Waals surface area (Å²) in [7, 11) is 5.87. The summed E-state index contributed by atoms with van der Waals surface area (Å²) >= 11 is 0. The third-order valence-corrected chi connectivity index (χ3v) is 5.18. The van der Waals surface area contributed by atoms with Gasteiger partial charge in [0.05, 0.1) is 27.1 Å². The summed E-state index contributed by atoms with van der Waals surface area (Å²) in [5, 5.41) is 4.36. The maximum atomic E-state index is 12.5. The molecule has 0 bridgehead atoms. The third-order valence-electron chi connectivity index (χ3n) is 4.82. The zero-order chi connectivity index (χ0) is 21.3. The first-order valence-corrected chi connectivity index (χ1v) is 9.86. The molecular formula is C21H22N5O3P. The molecule has 2 heterocycles. The number of fused-ring (bicyclic) bond motifs is 1. The number of aromatic nitrogens is 4. The van der Waals surface area contributed by atoms with Crippen LogP contribution in [0.2, 0.25) is 0 Å². The lowest BCUT2D eigenvalue weighted by Crippen LogP contribution is -2.19. The Labute approximate surface area is 175 Å². The van der Waals surface area contributed by atoms with Gasteiger partial charge in [0, 0.05) is 11.8 Å². The lowest BCUT2D eigenvalue weighted by Gasteiger charge is -2.18. The Morgan fingerprint density at radius 1 is 1.17 bits per heavy atom. The van der Waals surface area contributed by atoms with Crippen molar-refractivity contribution in [1.82, 2.24) is 19.5 Å². The van der Waals surface area contributed by atoms with E-state index in [9.17, 15) is 4.79 Å². The van der Waals surface area contributed by atoms with Gasteiger partial charge < -0.3 is 19.8 Å². The molecule has 0 aliphatic heterocycles. The van der Waals surface area contributed by atoms with E-state index in [-0.39, 0.29) is 5.56 Å². The third kappa shape index (κ3) is 3.74. The van der Waals surface area contributed by atoms with Gasteiger partial charge in [-0.25, -0.2) is 4.98 Å². The highest BCUT2D eigenvalue weighted by atomic mass is 31.0. The second kappa shape index (κ2) is 8.16. The molecule has 0 radical (unpaired) electrons. The maximum Gasteiger partial charge on any atom is 0.300 e. The number of aryl methyl sites for hydroxylation is 1. The number of nitrogens with zero attached hydrogens (tertiary/aromatic N) is 3. The summed E-state index contributed by atoms with van der Waals surface area (Å²) in [6.45, 7) is 2.43. The van der Waals surface area contributed by atoms with Crippen molar-refractivity contribution in [3.63, 3.8) is 0 Å². The van der Waals surface area contributed by atoms with Gasteiger partial charge in [0.25, 0.3) is 0 Å². The fraction of sp³-hybridized carbons (Fsp3) is 0.190. The molecule has 4 rings (SSSR count). The van der Waals surface area contributed by atoms with E-state index in [1.807, 2.05) is 41.8 Å². The Bertz CT molecular complexity index is 1280. The number of H-pyrrole nitrogens is 1. The number of benzene rings is 2. The standard InChI is InChI=1S/C21H22N5O3P/c1-12-7-16(28-2)17(29-3)9-15(12)24-21-25-20(27)18-19(23-11-22-18)26(21)10-13-5-4-6-14(30)8-13/h4-9,11H,10,30H2,1-3H3,(H,22,23)(H,24,25,27). The maximum absolute atomic E-state index is 12.5. The predicted octanol–water partition coefficient (Wildman–Crippen LogP) is 2.74. The van der Waals surface area contributed by atoms with Crippen LogP contribution < -0.4 is 25.7 Å². The van der Waals surface area contributed by atoms with E-state index < -0.39 is 0 Å². The summed E-state index contributed by atoms with van der Waals surface area (Å²) < 4.78 is 12.7. The van der Waals surface area contributed by atoms with Gasteiger partial charge in [0.2, 0.25) is 5.95 Å². The van der Waals surface area contributed by atoms with Crippen molar-refractivity contribution in [3.05, 3.63) is 64.2 Å². The van der Waals surface area contributed by atoms with Crippen LogP contribution in [0.3, 0.4) is 0 Å². The van der Waals surface area contributed by atoms with E-state index in [4.69, 9.17) is 9.47 Å². The number of imidazole rings is 1. The van der Waals surface area contributed by atoms with Crippen LogP contribution in [0.1, 0.15) is 11.1 Å². The van der Waals surface area contributed by atoms with Gasteiger partial charge in [-0.05, 0) is 29.4 Å². The highest BCUT2D eigenvalue weighted by Crippen LogP contribution is 2.34. The number of anilines is 2. The molecule has 0 fully saturated rings. The molecule has 0 aliphatic carbocycles. The van der Waals surface area contributed by atoms with E-state index >= 15 is 0 Å². The van der Waals surface area contributed by atoms with Crippen molar-refractivity contribution in [3.8, 4) is 11.5 Å². The van der Waals surface area contributed by atoms with Crippen molar-refractivity contribution < 1.29 is 9.47 Å². The molecule has 30 heavy (non-hydrogen) atoms. The quantitative estimate of drug-likeness (QED) is 0.463. The first-order chi connectivity index (χ1) is 14.5. The Balaban J connectivity index is 1.84. The number of hydrogen-bond donors (Lipinski definition) is 2. The summed E-state index contributed by atoms with van der Waals surface area (Å²) in [4.78, 5) is 24.1. The monoisotopic (exact) mass is 423 g/mol. The normalized spacial score (nSPS) is 10.9. The van der Waals surface area contributed by atoms with E-state index in [1.165, 1.54) is 6.33 Å². The molecule has 8 nitrogen and oxygen atoms in total. The first kappa shape index (κ1) is 19.9. The molecule has 2 aromatic heterocycles. The summed E-state index contributed by atoms with van der Waals surface area (Å²) in [6.07, 6.45) is 1.50. The fourth-order valence-electron chi connectivity index (χ4n) is 3.32. The summed E-state index contributed by atoms with van der Waals surface area (Å²) in [5.74, 6) is 1.60. The number of methoxy groups -OCH3 is 2. The molecule has 0 saturated carbocycles. The van der Waals surface area contributed by atoms with Crippen molar-refractivity contribution in [2.24, 2.45) is 0 Å². The van der Waals surface area contributed by atoms with Gasteiger partial charge in [0.1, 0.15) is 0 Å². The predicted molar refractivity (Wildman–Crippen MR) is 121 cm³/mol. The molecule has 0 saturated heterocycles. The Morgan fingerprint density at radius 2 is 1.93 bits per heavy atom. The van der Waals surface area contributed by atoms with E-state index in [1.54, 1.807) is 14.2 Å². The Kier molecular flexibility index (Phi) is 5.42. The van der Waals surface area contributed by atoms with Crippen LogP contribution in [0.5, 0.6) is 11.5 Å². The Morgan fingerprint density at radius 3 is 2.67 bits per heavy atom. The highest BCUT2D eigenvalue weighted by molar-refractivity contribution is 7.27. The van der Waals surface area contributed by atoms with Crippen LogP contribution in [0.15, 0.2) is 47.5 Å². The summed E-state index contributed by atoms with van der Waals surface area (Å²) in [6, 6.07) is 11.8. The van der Waals surface area contributed by atoms with Gasteiger partial charge in [-0.1, -0.05) is 24.3 Å². The average Bonchev–Trinajstić information content (AvgIpc) is 3.22. The molecule has 1 unspecified atom stereocenters. The number of aromatic amines is 1. The fourth-order valence-corrected chi connectivity index (χ4v) is 3.64. The van der Waals surface area contributed by atoms with Crippen molar-refractivity contribution in [1.29, 1.82) is 0 Å². The lowest BCUT2D eigenvalue weighted by molar-refractivity contribution is 0.355. The zero-order valence-electron chi connectivity index (χ0n) is 16.9. The van der Waals surface area contributed by atoms with Crippen LogP contribution in [0.25, 0.3) is 11.2 Å². The van der Waals surface area contributed by atoms with Crippen LogP contribution in [0, 0.1) is 6.92 Å². The minimum atomic E-state index is -0.376. The smallest absolute Gasteiger partial charge is 0.300 e. The molecule has 154 valence electrons. The summed E-state index contributed by atoms with van der Waals surface area (Å²) in [5.41, 5.74) is 3.26. The molecule has 1 atom stereocenters. The topological polar surface area (TPSA) is 94.1 Å². The molecule has 9 heteroatoms. The van der Waals surface area contributed by atoms with Gasteiger partial charge in [-0.2, -0.15) is 4.98 Å². The van der Waals surface area contributed by atoms with Gasteiger partial charge >= 0.3 is 5.56 Å². The van der Waals surface area contributed by atoms with E-state index in [0.29, 0.717) is 35.2 Å². The number of rotatable bonds is 6. The van der Waals surface area contributed by atoms with Crippen molar-refractivity contribution in [2.45, 2.75) is 13.5 Å². The van der Waals surface area contributed by atoms with Gasteiger partial charge in [-0.3, -0.25) is 9.36 Å². The second-order valence-corrected chi connectivity index (χ2v) is 7.49. The number of nitrogens with one attached hydrogen (secondary N) is 2. The van der Waals surface area contributed by atoms with Crippen LogP contribution in [-0.2, 0) is 6.54 Å². The molecule has 4 aromatic rings. The van der Waals surface area contributed by atoms with Crippen LogP contribution in [-0.4, -0.2) is 33.7 Å². The molecular weight excluding hydrogens is 401 g/mol. The zero-order valence-corrected chi connectivity index (χ0v) is 18.0. The highest BCUT2D eigenvalue weighted by Gasteiger charge is 2.16.